The summed E-state index contributed by atoms with van der Waals surface area (Å²) in [4.78, 5) is 31.1. The number of thioether (sulfide) groups is 1. The Labute approximate surface area is 214 Å². The van der Waals surface area contributed by atoms with Crippen molar-refractivity contribution in [3.8, 4) is 11.5 Å². The second kappa shape index (κ2) is 11.1. The molecule has 0 N–H and O–H groups in total. The molecule has 0 atom stereocenters. The highest BCUT2D eigenvalue weighted by Crippen LogP contribution is 2.35. The van der Waals surface area contributed by atoms with Crippen LogP contribution in [0.4, 0.5) is 5.69 Å². The molecule has 4 rings (SSSR count). The van der Waals surface area contributed by atoms with Crippen LogP contribution in [0.2, 0.25) is 0 Å². The Kier molecular flexibility index (Phi) is 7.75. The molecule has 0 bridgehead atoms. The molecule has 1 aliphatic rings. The van der Waals surface area contributed by atoms with Gasteiger partial charge in [-0.15, -0.1) is 0 Å². The van der Waals surface area contributed by atoms with Gasteiger partial charge in [0.1, 0.15) is 6.61 Å². The first-order valence-corrected chi connectivity index (χ1v) is 12.0. The van der Waals surface area contributed by atoms with Crippen molar-refractivity contribution in [1.82, 2.24) is 4.90 Å². The third kappa shape index (κ3) is 5.78. The van der Waals surface area contributed by atoms with Crippen LogP contribution in [0.1, 0.15) is 27.0 Å². The lowest BCUT2D eigenvalue weighted by Gasteiger charge is -2.12. The maximum Gasteiger partial charge on any atom is 0.337 e. The van der Waals surface area contributed by atoms with E-state index in [0.717, 1.165) is 11.1 Å². The summed E-state index contributed by atoms with van der Waals surface area (Å²) in [5.41, 5.74) is 4.14. The molecule has 1 aliphatic heterocycles. The fraction of sp³-hybridized carbons (Fsp3) is 0.179. The number of hydrogen-bond donors (Lipinski definition) is 0. The minimum Gasteiger partial charge on any atom is -0.493 e. The highest BCUT2D eigenvalue weighted by molar-refractivity contribution is 8.18. The van der Waals surface area contributed by atoms with Gasteiger partial charge >= 0.3 is 5.97 Å². The van der Waals surface area contributed by atoms with Crippen LogP contribution >= 0.6 is 11.8 Å². The quantitative estimate of drug-likeness (QED) is 0.309. The molecule has 184 valence electrons. The number of ether oxygens (including phenoxy) is 3. The lowest BCUT2D eigenvalue weighted by atomic mass is 10.1. The number of aliphatic imine (C=N–C) groups is 1. The van der Waals surface area contributed by atoms with E-state index in [1.807, 2.05) is 49.4 Å². The van der Waals surface area contributed by atoms with Crippen LogP contribution < -0.4 is 9.47 Å². The monoisotopic (exact) mass is 502 g/mol. The molecule has 1 saturated heterocycles. The molecule has 0 spiro atoms. The van der Waals surface area contributed by atoms with E-state index in [4.69, 9.17) is 14.2 Å². The van der Waals surface area contributed by atoms with E-state index in [-0.39, 0.29) is 5.91 Å². The van der Waals surface area contributed by atoms with E-state index >= 15 is 0 Å². The van der Waals surface area contributed by atoms with Gasteiger partial charge in [-0.1, -0.05) is 35.9 Å². The van der Waals surface area contributed by atoms with Crippen LogP contribution in [0, 0.1) is 6.92 Å². The van der Waals surface area contributed by atoms with Crippen LogP contribution in [0.15, 0.2) is 76.6 Å². The normalized spacial score (nSPS) is 15.4. The average Bonchev–Trinajstić information content (AvgIpc) is 3.16. The summed E-state index contributed by atoms with van der Waals surface area (Å²) in [6.07, 6.45) is 1.80. The topological polar surface area (TPSA) is 77.4 Å². The standard InChI is InChI=1S/C28H26N2O5S/c1-18-5-7-19(8-6-18)17-35-23-14-9-20(15-24(23)33-3)16-25-26(31)30(2)28(36-25)29-22-12-10-21(11-13-22)27(32)34-4/h5-16H,17H2,1-4H3. The number of benzene rings is 3. The number of esters is 1. The maximum absolute atomic E-state index is 12.8. The second-order valence-electron chi connectivity index (χ2n) is 8.09. The number of rotatable bonds is 7. The second-order valence-corrected chi connectivity index (χ2v) is 9.10. The predicted octanol–water partition coefficient (Wildman–Crippen LogP) is 5.60. The van der Waals surface area contributed by atoms with Gasteiger partial charge in [0.05, 0.1) is 30.4 Å². The van der Waals surface area contributed by atoms with E-state index in [1.54, 1.807) is 44.5 Å². The van der Waals surface area contributed by atoms with Gasteiger partial charge in [-0.05, 0) is 72.3 Å². The van der Waals surface area contributed by atoms with Gasteiger partial charge in [0, 0.05) is 7.05 Å². The van der Waals surface area contributed by atoms with Gasteiger partial charge in [0.15, 0.2) is 16.7 Å². The molecule has 7 nitrogen and oxygen atoms in total. The number of amidine groups is 1. The largest absolute Gasteiger partial charge is 0.493 e. The number of amides is 1. The average molecular weight is 503 g/mol. The SMILES string of the molecule is COC(=O)c1ccc(N=C2SC(=Cc3ccc(OCc4ccc(C)cc4)c(OC)c3)C(=O)N2C)cc1. The van der Waals surface area contributed by atoms with Gasteiger partial charge in [0.25, 0.3) is 5.91 Å². The summed E-state index contributed by atoms with van der Waals surface area (Å²) in [5, 5.41) is 0.544. The van der Waals surface area contributed by atoms with Crippen molar-refractivity contribution >= 4 is 40.6 Å². The molecule has 0 radical (unpaired) electrons. The molecule has 36 heavy (non-hydrogen) atoms. The molecule has 3 aromatic rings. The summed E-state index contributed by atoms with van der Waals surface area (Å²) < 4.78 is 16.2. The van der Waals surface area contributed by atoms with Crippen molar-refractivity contribution in [3.63, 3.8) is 0 Å². The van der Waals surface area contributed by atoms with E-state index < -0.39 is 5.97 Å². The van der Waals surface area contributed by atoms with Crippen LogP contribution in [0.5, 0.6) is 11.5 Å². The van der Waals surface area contributed by atoms with Crippen LogP contribution in [0.25, 0.3) is 6.08 Å². The van der Waals surface area contributed by atoms with Crippen molar-refractivity contribution in [2.45, 2.75) is 13.5 Å². The summed E-state index contributed by atoms with van der Waals surface area (Å²) in [6.45, 7) is 2.47. The lowest BCUT2D eigenvalue weighted by molar-refractivity contribution is -0.121. The highest BCUT2D eigenvalue weighted by atomic mass is 32.2. The Morgan fingerprint density at radius 2 is 1.72 bits per heavy atom. The van der Waals surface area contributed by atoms with Crippen LogP contribution in [0.3, 0.4) is 0 Å². The van der Waals surface area contributed by atoms with Crippen molar-refractivity contribution in [2.75, 3.05) is 21.3 Å². The van der Waals surface area contributed by atoms with Gasteiger partial charge in [-0.25, -0.2) is 9.79 Å². The third-order valence-electron chi connectivity index (χ3n) is 5.52. The Bertz CT molecular complexity index is 1330. The molecule has 1 heterocycles. The molecule has 3 aromatic carbocycles. The summed E-state index contributed by atoms with van der Waals surface area (Å²) in [5.74, 6) is 0.646. The zero-order chi connectivity index (χ0) is 25.7. The van der Waals surface area contributed by atoms with E-state index in [2.05, 4.69) is 4.99 Å². The summed E-state index contributed by atoms with van der Waals surface area (Å²) in [6, 6.07) is 20.4. The van der Waals surface area contributed by atoms with Crippen molar-refractivity contribution in [1.29, 1.82) is 0 Å². The molecule has 1 amide bonds. The van der Waals surface area contributed by atoms with Crippen molar-refractivity contribution < 1.29 is 23.8 Å². The number of hydrogen-bond acceptors (Lipinski definition) is 7. The first-order chi connectivity index (χ1) is 17.4. The fourth-order valence-electron chi connectivity index (χ4n) is 3.44. The minimum absolute atomic E-state index is 0.149. The molecular weight excluding hydrogens is 476 g/mol. The van der Waals surface area contributed by atoms with Gasteiger partial charge in [-0.3, -0.25) is 9.69 Å². The van der Waals surface area contributed by atoms with Gasteiger partial charge in [-0.2, -0.15) is 0 Å². The molecular formula is C28H26N2O5S. The maximum atomic E-state index is 12.8. The lowest BCUT2D eigenvalue weighted by Crippen LogP contribution is -2.23. The minimum atomic E-state index is -0.413. The predicted molar refractivity (Wildman–Crippen MR) is 142 cm³/mol. The summed E-state index contributed by atoms with van der Waals surface area (Å²) >= 11 is 1.28. The first kappa shape index (κ1) is 25.1. The Morgan fingerprint density at radius 3 is 2.39 bits per heavy atom. The Hall–Kier alpha value is -4.04. The number of nitrogens with zero attached hydrogens (tertiary/aromatic N) is 2. The number of carbonyl (C=O) groups excluding carboxylic acids is 2. The van der Waals surface area contributed by atoms with Gasteiger partial charge < -0.3 is 14.2 Å². The molecule has 8 heteroatoms. The molecule has 0 unspecified atom stereocenters. The van der Waals surface area contributed by atoms with E-state index in [0.29, 0.717) is 39.4 Å². The molecule has 0 saturated carbocycles. The molecule has 0 aliphatic carbocycles. The van der Waals surface area contributed by atoms with Crippen LogP contribution in [-0.4, -0.2) is 43.2 Å². The Balaban J connectivity index is 1.49. The number of aryl methyl sites for hydroxylation is 1. The molecule has 0 aromatic heterocycles. The third-order valence-corrected chi connectivity index (χ3v) is 6.58. The smallest absolute Gasteiger partial charge is 0.337 e. The van der Waals surface area contributed by atoms with Gasteiger partial charge in [0.2, 0.25) is 0 Å². The summed E-state index contributed by atoms with van der Waals surface area (Å²) in [7, 11) is 4.60. The van der Waals surface area contributed by atoms with Crippen molar-refractivity contribution in [2.24, 2.45) is 4.99 Å². The highest BCUT2D eigenvalue weighted by Gasteiger charge is 2.30. The number of carbonyl (C=O) groups is 2. The van der Waals surface area contributed by atoms with Crippen molar-refractivity contribution in [3.05, 3.63) is 93.9 Å². The van der Waals surface area contributed by atoms with E-state index in [1.165, 1.54) is 29.3 Å². The number of likely N-dealkylation sites (N-methyl/N-ethyl adjacent to an activating group) is 1. The zero-order valence-electron chi connectivity index (χ0n) is 20.5. The fourth-order valence-corrected chi connectivity index (χ4v) is 4.43. The van der Waals surface area contributed by atoms with Crippen LogP contribution in [-0.2, 0) is 16.1 Å². The zero-order valence-corrected chi connectivity index (χ0v) is 21.3. The number of methoxy groups -OCH3 is 2. The Morgan fingerprint density at radius 1 is 1.00 bits per heavy atom. The van der Waals surface area contributed by atoms with E-state index in [9.17, 15) is 9.59 Å². The molecule has 1 fully saturated rings. The first-order valence-electron chi connectivity index (χ1n) is 11.2.